The first kappa shape index (κ1) is 35.5. The van der Waals surface area contributed by atoms with Crippen molar-refractivity contribution in [3.05, 3.63) is 81.9 Å². The van der Waals surface area contributed by atoms with Crippen molar-refractivity contribution in [3.63, 3.8) is 0 Å². The Hall–Kier alpha value is -3.28. The van der Waals surface area contributed by atoms with E-state index in [-0.39, 0.29) is 58.8 Å². The molecule has 0 radical (unpaired) electrons. The number of aliphatic hydroxyl groups is 1. The average molecular weight is 700 g/mol. The zero-order valence-electron chi connectivity index (χ0n) is 28.2. The summed E-state index contributed by atoms with van der Waals surface area (Å²) in [5.41, 5.74) is -0.793. The molecule has 0 aromatic heterocycles. The first-order chi connectivity index (χ1) is 23.5. The number of carbonyl (C=O) groups excluding carboxylic acids is 1. The highest BCUT2D eigenvalue weighted by molar-refractivity contribution is 6.34. The maximum atomic E-state index is 16.7. The summed E-state index contributed by atoms with van der Waals surface area (Å²) in [6.07, 6.45) is 5.33. The fourth-order valence-corrected chi connectivity index (χ4v) is 7.57. The molecule has 1 unspecified atom stereocenters. The molecular formula is C38H44ClF2NO7. The van der Waals surface area contributed by atoms with E-state index in [1.807, 2.05) is 44.2 Å². The second-order valence-electron chi connectivity index (χ2n) is 13.5. The third-order valence-corrected chi connectivity index (χ3v) is 10.5. The van der Waals surface area contributed by atoms with Crippen molar-refractivity contribution in [2.45, 2.75) is 88.2 Å². The predicted molar refractivity (Wildman–Crippen MR) is 181 cm³/mol. The van der Waals surface area contributed by atoms with E-state index < -0.39 is 34.7 Å². The molecule has 1 aliphatic carbocycles. The molecule has 2 heterocycles. The highest BCUT2D eigenvalue weighted by Crippen LogP contribution is 2.56. The van der Waals surface area contributed by atoms with Gasteiger partial charge in [-0.3, -0.25) is 0 Å². The van der Waals surface area contributed by atoms with E-state index in [4.69, 9.17) is 35.3 Å². The fourth-order valence-electron chi connectivity index (χ4n) is 7.32. The van der Waals surface area contributed by atoms with Crippen molar-refractivity contribution >= 4 is 17.6 Å². The van der Waals surface area contributed by atoms with Gasteiger partial charge in [0.25, 0.3) is 0 Å². The van der Waals surface area contributed by atoms with E-state index in [0.29, 0.717) is 31.6 Å². The number of benzene rings is 3. The minimum atomic E-state index is -1.04. The van der Waals surface area contributed by atoms with Crippen LogP contribution in [0.1, 0.15) is 86.2 Å². The second-order valence-corrected chi connectivity index (χ2v) is 13.9. The van der Waals surface area contributed by atoms with Crippen molar-refractivity contribution in [3.8, 4) is 22.6 Å². The molecule has 2 aliphatic heterocycles. The van der Waals surface area contributed by atoms with Crippen LogP contribution in [0.15, 0.2) is 48.5 Å². The third-order valence-electron chi connectivity index (χ3n) is 10.2. The van der Waals surface area contributed by atoms with Crippen molar-refractivity contribution in [1.29, 1.82) is 0 Å². The van der Waals surface area contributed by atoms with Gasteiger partial charge in [0.2, 0.25) is 0 Å². The zero-order chi connectivity index (χ0) is 34.8. The summed E-state index contributed by atoms with van der Waals surface area (Å²) in [4.78, 5) is 13.1. The van der Waals surface area contributed by atoms with Gasteiger partial charge in [-0.2, -0.15) is 0 Å². The van der Waals surface area contributed by atoms with Crippen molar-refractivity contribution in [1.82, 2.24) is 5.32 Å². The molecule has 3 aromatic rings. The van der Waals surface area contributed by atoms with E-state index >= 15 is 8.78 Å². The molecule has 49 heavy (non-hydrogen) atoms. The standard InChI is InChI=1S/C38H44ClF2NO7/c1-23-31-29(49-38(23,24-9-5-4-6-10-24)22-42-25-14-16-37(2,44)17-15-25)21-27(40)34(39)33(31)32-26(36(43)45-3)12-13-28(35(32)41)46-19-20-48-30-11-7-8-18-47-30/h4-6,9-10,12-13,21,23,25,30,42,44H,7-8,11,14-20,22H2,1-3H3/t23-,25-,30?,37-,38-/m0/s1. The summed E-state index contributed by atoms with van der Waals surface area (Å²) in [7, 11) is 1.19. The first-order valence-electron chi connectivity index (χ1n) is 17.0. The largest absolute Gasteiger partial charge is 0.488 e. The molecule has 0 spiro atoms. The Bertz CT molecular complexity index is 1640. The lowest BCUT2D eigenvalue weighted by molar-refractivity contribution is -0.165. The maximum absolute atomic E-state index is 16.7. The summed E-state index contributed by atoms with van der Waals surface area (Å²) in [6.45, 7) is 4.94. The lowest BCUT2D eigenvalue weighted by Crippen LogP contribution is -2.49. The van der Waals surface area contributed by atoms with Crippen LogP contribution < -0.4 is 14.8 Å². The molecule has 3 aliphatic rings. The minimum Gasteiger partial charge on any atom is -0.488 e. The van der Waals surface area contributed by atoms with E-state index in [2.05, 4.69) is 5.32 Å². The van der Waals surface area contributed by atoms with E-state index in [1.165, 1.54) is 25.3 Å². The lowest BCUT2D eigenvalue weighted by Gasteiger charge is -2.38. The molecule has 8 nitrogen and oxygen atoms in total. The van der Waals surface area contributed by atoms with Gasteiger partial charge in [0.15, 0.2) is 23.5 Å². The molecule has 2 fully saturated rings. The topological polar surface area (TPSA) is 95.5 Å². The van der Waals surface area contributed by atoms with Crippen molar-refractivity contribution in [2.75, 3.05) is 33.5 Å². The van der Waals surface area contributed by atoms with Gasteiger partial charge in [0, 0.05) is 47.9 Å². The van der Waals surface area contributed by atoms with Crippen LogP contribution >= 0.6 is 11.6 Å². The first-order valence-corrected chi connectivity index (χ1v) is 17.4. The van der Waals surface area contributed by atoms with E-state index in [9.17, 15) is 9.90 Å². The number of hydrogen-bond acceptors (Lipinski definition) is 8. The number of halogens is 3. The number of carbonyl (C=O) groups is 1. The van der Waals surface area contributed by atoms with Gasteiger partial charge in [0.1, 0.15) is 18.2 Å². The lowest BCUT2D eigenvalue weighted by atomic mass is 9.77. The molecule has 1 saturated heterocycles. The van der Waals surface area contributed by atoms with Gasteiger partial charge in [0.05, 0.1) is 29.9 Å². The molecule has 3 atom stereocenters. The normalized spacial score (nSPS) is 26.6. The van der Waals surface area contributed by atoms with Crippen LogP contribution in [0.2, 0.25) is 5.02 Å². The summed E-state index contributed by atoms with van der Waals surface area (Å²) >= 11 is 6.74. The number of methoxy groups -OCH3 is 1. The van der Waals surface area contributed by atoms with Gasteiger partial charge in [-0.05, 0) is 69.6 Å². The number of esters is 1. The Labute approximate surface area is 291 Å². The fraction of sp³-hybridized carbons (Fsp3) is 0.500. The highest BCUT2D eigenvalue weighted by Gasteiger charge is 2.50. The molecule has 1 saturated carbocycles. The van der Waals surface area contributed by atoms with Gasteiger partial charge in [-0.1, -0.05) is 48.9 Å². The van der Waals surface area contributed by atoms with E-state index in [0.717, 1.165) is 37.7 Å². The number of ether oxygens (including phenoxy) is 5. The molecular weight excluding hydrogens is 656 g/mol. The summed E-state index contributed by atoms with van der Waals surface area (Å²) in [5, 5.41) is 13.8. The summed E-state index contributed by atoms with van der Waals surface area (Å²) < 4.78 is 61.4. The van der Waals surface area contributed by atoms with Crippen LogP contribution in [0.5, 0.6) is 11.5 Å². The Morgan fingerprint density at radius 2 is 1.82 bits per heavy atom. The number of fused-ring (bicyclic) bond motifs is 1. The Kier molecular flexibility index (Phi) is 10.8. The van der Waals surface area contributed by atoms with Crippen LogP contribution in [0.3, 0.4) is 0 Å². The van der Waals surface area contributed by atoms with Gasteiger partial charge < -0.3 is 34.1 Å². The van der Waals surface area contributed by atoms with Gasteiger partial charge in [-0.15, -0.1) is 0 Å². The number of hydrogen-bond donors (Lipinski definition) is 2. The molecule has 0 amide bonds. The Morgan fingerprint density at radius 1 is 1.06 bits per heavy atom. The monoisotopic (exact) mass is 699 g/mol. The second kappa shape index (κ2) is 14.9. The number of rotatable bonds is 11. The quantitative estimate of drug-likeness (QED) is 0.156. The van der Waals surface area contributed by atoms with Gasteiger partial charge >= 0.3 is 5.97 Å². The molecule has 11 heteroatoms. The van der Waals surface area contributed by atoms with Crippen molar-refractivity contribution in [2.24, 2.45) is 0 Å². The Balaban J connectivity index is 1.38. The van der Waals surface area contributed by atoms with Crippen LogP contribution in [0, 0.1) is 11.6 Å². The smallest absolute Gasteiger partial charge is 0.338 e. The van der Waals surface area contributed by atoms with Crippen molar-refractivity contribution < 1.29 is 42.4 Å². The van der Waals surface area contributed by atoms with Gasteiger partial charge in [-0.25, -0.2) is 13.6 Å². The zero-order valence-corrected chi connectivity index (χ0v) is 28.9. The number of nitrogens with one attached hydrogen (secondary N) is 1. The predicted octanol–water partition coefficient (Wildman–Crippen LogP) is 7.67. The minimum absolute atomic E-state index is 0.00546. The van der Waals surface area contributed by atoms with E-state index in [1.54, 1.807) is 0 Å². The summed E-state index contributed by atoms with van der Waals surface area (Å²) in [5.74, 6) is -2.97. The molecule has 264 valence electrons. The van der Waals surface area contributed by atoms with Crippen LogP contribution in [0.25, 0.3) is 11.1 Å². The highest BCUT2D eigenvalue weighted by atomic mass is 35.5. The maximum Gasteiger partial charge on any atom is 0.338 e. The SMILES string of the molecule is COC(=O)c1ccc(OCCOC2CCCCO2)c(F)c1-c1c(Cl)c(F)cc2c1[C@H](C)[C@@](CN[C@H]1CC[C@](C)(O)CC1)(c1ccccc1)O2. The van der Waals surface area contributed by atoms with Crippen LogP contribution in [0.4, 0.5) is 8.78 Å². The summed E-state index contributed by atoms with van der Waals surface area (Å²) in [6, 6.07) is 13.7. The Morgan fingerprint density at radius 3 is 2.51 bits per heavy atom. The molecule has 0 bridgehead atoms. The van der Waals surface area contributed by atoms with Crippen LogP contribution in [-0.2, 0) is 19.8 Å². The molecule has 2 N–H and O–H groups in total. The average Bonchev–Trinajstić information content (AvgIpc) is 3.39. The third kappa shape index (κ3) is 7.30. The molecule has 6 rings (SSSR count). The van der Waals surface area contributed by atoms with Crippen LogP contribution in [-0.4, -0.2) is 62.5 Å². The molecule has 3 aromatic carbocycles.